The van der Waals surface area contributed by atoms with Gasteiger partial charge in [0.2, 0.25) is 0 Å². The van der Waals surface area contributed by atoms with Gasteiger partial charge >= 0.3 is 0 Å². The first-order chi connectivity index (χ1) is 14.0. The minimum Gasteiger partial charge on any atom is -0.402 e. The highest BCUT2D eigenvalue weighted by atomic mass is 32.1. The van der Waals surface area contributed by atoms with Crippen LogP contribution in [0.2, 0.25) is 0 Å². The average molecular weight is 422 g/mol. The molecule has 160 valence electrons. The smallest absolute Gasteiger partial charge is 0.105 e. The zero-order valence-electron chi connectivity index (χ0n) is 19.4. The predicted molar refractivity (Wildman–Crippen MR) is 132 cm³/mol. The normalized spacial score (nSPS) is 14.7. The summed E-state index contributed by atoms with van der Waals surface area (Å²) in [6, 6.07) is 8.89. The predicted octanol–water partition coefficient (Wildman–Crippen LogP) is 7.32. The van der Waals surface area contributed by atoms with E-state index in [4.69, 9.17) is 10.7 Å². The number of benzene rings is 1. The molecule has 0 radical (unpaired) electrons. The van der Waals surface area contributed by atoms with Gasteiger partial charge in [-0.25, -0.2) is 4.98 Å². The number of nitrogens with zero attached hydrogens (tertiary/aromatic N) is 2. The largest absolute Gasteiger partial charge is 0.402 e. The molecule has 2 aromatic heterocycles. The van der Waals surface area contributed by atoms with E-state index in [0.717, 1.165) is 23.2 Å². The van der Waals surface area contributed by atoms with Crippen LogP contribution in [-0.2, 0) is 5.41 Å². The van der Waals surface area contributed by atoms with Gasteiger partial charge in [0.05, 0.1) is 11.0 Å². The Balaban J connectivity index is 1.96. The van der Waals surface area contributed by atoms with Gasteiger partial charge in [-0.05, 0) is 52.6 Å². The monoisotopic (exact) mass is 421 g/mol. The summed E-state index contributed by atoms with van der Waals surface area (Å²) in [5.74, 6) is 0.335. The first-order valence-corrected chi connectivity index (χ1v) is 11.6. The van der Waals surface area contributed by atoms with E-state index in [1.54, 1.807) is 11.3 Å². The molecule has 0 spiro atoms. The third-order valence-corrected chi connectivity index (χ3v) is 6.56. The summed E-state index contributed by atoms with van der Waals surface area (Å²) in [6.07, 6.45) is 9.40. The summed E-state index contributed by atoms with van der Waals surface area (Å²) in [5, 5.41) is 3.42. The van der Waals surface area contributed by atoms with Crippen molar-refractivity contribution in [2.24, 2.45) is 11.1 Å². The zero-order chi connectivity index (χ0) is 22.1. The van der Waals surface area contributed by atoms with E-state index >= 15 is 0 Å². The van der Waals surface area contributed by atoms with Gasteiger partial charge in [-0.2, -0.15) is 0 Å². The quantitative estimate of drug-likeness (QED) is 0.438. The van der Waals surface area contributed by atoms with Gasteiger partial charge in [0.25, 0.3) is 0 Å². The Morgan fingerprint density at radius 2 is 1.90 bits per heavy atom. The van der Waals surface area contributed by atoms with Gasteiger partial charge in [-0.3, -0.25) is 4.57 Å². The molecule has 0 aliphatic carbocycles. The van der Waals surface area contributed by atoms with E-state index in [0.29, 0.717) is 5.92 Å². The highest BCUT2D eigenvalue weighted by Gasteiger charge is 2.18. The number of aromatic nitrogens is 2. The molecule has 4 heteroatoms. The average Bonchev–Trinajstić information content (AvgIpc) is 3.29. The minimum absolute atomic E-state index is 0.0127. The fourth-order valence-electron chi connectivity index (χ4n) is 3.43. The molecule has 0 aliphatic rings. The third-order valence-electron chi connectivity index (χ3n) is 5.63. The maximum atomic E-state index is 6.21. The lowest BCUT2D eigenvalue weighted by atomic mass is 9.87. The lowest BCUT2D eigenvalue weighted by Crippen LogP contribution is -2.16. The molecule has 1 aromatic carbocycles. The number of hydrogen-bond acceptors (Lipinski definition) is 3. The van der Waals surface area contributed by atoms with Crippen LogP contribution in [-0.4, -0.2) is 9.55 Å². The van der Waals surface area contributed by atoms with Crippen LogP contribution in [0, 0.1) is 5.41 Å². The number of thiophene rings is 1. The molecule has 0 saturated carbocycles. The van der Waals surface area contributed by atoms with Gasteiger partial charge < -0.3 is 5.73 Å². The molecule has 3 rings (SSSR count). The molecule has 2 N–H and O–H groups in total. The Morgan fingerprint density at radius 3 is 2.53 bits per heavy atom. The minimum atomic E-state index is -0.0127. The van der Waals surface area contributed by atoms with Crippen molar-refractivity contribution in [3.63, 3.8) is 0 Å². The second-order valence-corrected chi connectivity index (χ2v) is 10.9. The van der Waals surface area contributed by atoms with Crippen LogP contribution in [0.4, 0.5) is 0 Å². The molecule has 2 heterocycles. The molecule has 1 atom stereocenters. The molecule has 1 unspecified atom stereocenters. The summed E-state index contributed by atoms with van der Waals surface area (Å²) in [6.45, 7) is 15.3. The second-order valence-electron chi connectivity index (χ2n) is 10.0. The Bertz CT molecular complexity index is 1070. The van der Waals surface area contributed by atoms with E-state index in [1.165, 1.54) is 16.1 Å². The van der Waals surface area contributed by atoms with Crippen LogP contribution >= 0.6 is 11.3 Å². The second kappa shape index (κ2) is 8.43. The number of allylic oxidation sites excluding steroid dienone is 4. The standard InChI is InChI=1S/C26H35N3S/c1-8-18(10-9-11-23(27)26(5,6)7)20-14-15-30-24(20)29-17-28-21-16-19(25(2,3)4)12-13-22(21)29/h9-18H,8,27H2,1-7H3/b10-9-,23-11-. The van der Waals surface area contributed by atoms with Crippen molar-refractivity contribution in [2.45, 2.75) is 66.2 Å². The third kappa shape index (κ3) is 4.70. The number of imidazole rings is 1. The van der Waals surface area contributed by atoms with Crippen molar-refractivity contribution in [1.29, 1.82) is 0 Å². The van der Waals surface area contributed by atoms with Crippen molar-refractivity contribution < 1.29 is 0 Å². The van der Waals surface area contributed by atoms with Crippen LogP contribution in [0.15, 0.2) is 59.9 Å². The SMILES string of the molecule is CCC(/C=C\C=C(/N)C(C)(C)C)c1ccsc1-n1cnc2cc(C(C)(C)C)ccc21. The summed E-state index contributed by atoms with van der Waals surface area (Å²) >= 11 is 1.77. The van der Waals surface area contributed by atoms with E-state index in [9.17, 15) is 0 Å². The van der Waals surface area contributed by atoms with Gasteiger partial charge in [-0.1, -0.05) is 66.7 Å². The van der Waals surface area contributed by atoms with Gasteiger partial charge in [-0.15, -0.1) is 11.3 Å². The molecule has 0 saturated heterocycles. The van der Waals surface area contributed by atoms with Gasteiger partial charge in [0.15, 0.2) is 0 Å². The molecule has 0 aliphatic heterocycles. The highest BCUT2D eigenvalue weighted by molar-refractivity contribution is 7.12. The molecule has 3 nitrogen and oxygen atoms in total. The lowest BCUT2D eigenvalue weighted by molar-refractivity contribution is 0.497. The van der Waals surface area contributed by atoms with E-state index < -0.39 is 0 Å². The zero-order valence-corrected chi connectivity index (χ0v) is 20.2. The van der Waals surface area contributed by atoms with Crippen molar-refractivity contribution in [2.75, 3.05) is 0 Å². The molecule has 0 bridgehead atoms. The number of rotatable bonds is 5. The fraction of sp³-hybridized carbons (Fsp3) is 0.423. The Kier molecular flexibility index (Phi) is 6.28. The fourth-order valence-corrected chi connectivity index (χ4v) is 4.39. The number of nitrogens with two attached hydrogens (primary N) is 1. The van der Waals surface area contributed by atoms with Crippen LogP contribution in [0.1, 0.15) is 71.9 Å². The summed E-state index contributed by atoms with van der Waals surface area (Å²) in [7, 11) is 0. The summed E-state index contributed by atoms with van der Waals surface area (Å²) in [4.78, 5) is 4.71. The lowest BCUT2D eigenvalue weighted by Gasteiger charge is -2.19. The highest BCUT2D eigenvalue weighted by Crippen LogP contribution is 2.34. The molecular formula is C26H35N3S. The molecule has 3 aromatic rings. The van der Waals surface area contributed by atoms with Crippen molar-refractivity contribution in [1.82, 2.24) is 9.55 Å². The first-order valence-electron chi connectivity index (χ1n) is 10.7. The van der Waals surface area contributed by atoms with Crippen LogP contribution in [0.25, 0.3) is 16.0 Å². The van der Waals surface area contributed by atoms with Crippen molar-refractivity contribution >= 4 is 22.4 Å². The maximum Gasteiger partial charge on any atom is 0.105 e. The van der Waals surface area contributed by atoms with Crippen molar-refractivity contribution in [3.05, 3.63) is 71.0 Å². The summed E-state index contributed by atoms with van der Waals surface area (Å²) in [5.41, 5.74) is 12.1. The topological polar surface area (TPSA) is 43.8 Å². The van der Waals surface area contributed by atoms with Gasteiger partial charge in [0.1, 0.15) is 11.3 Å². The number of fused-ring (bicyclic) bond motifs is 1. The van der Waals surface area contributed by atoms with Crippen LogP contribution in [0.5, 0.6) is 0 Å². The number of hydrogen-bond donors (Lipinski definition) is 1. The summed E-state index contributed by atoms with van der Waals surface area (Å²) < 4.78 is 2.23. The van der Waals surface area contributed by atoms with Crippen LogP contribution < -0.4 is 5.73 Å². The maximum absolute atomic E-state index is 6.21. The molecule has 30 heavy (non-hydrogen) atoms. The van der Waals surface area contributed by atoms with E-state index in [1.807, 2.05) is 12.4 Å². The Hall–Kier alpha value is -2.33. The Morgan fingerprint density at radius 1 is 1.17 bits per heavy atom. The van der Waals surface area contributed by atoms with Gasteiger partial charge in [0, 0.05) is 17.0 Å². The van der Waals surface area contributed by atoms with E-state index in [2.05, 4.69) is 94.8 Å². The van der Waals surface area contributed by atoms with E-state index in [-0.39, 0.29) is 10.8 Å². The molecular weight excluding hydrogens is 386 g/mol. The Labute approximate surface area is 185 Å². The molecule has 0 amide bonds. The van der Waals surface area contributed by atoms with Crippen LogP contribution in [0.3, 0.4) is 0 Å². The first kappa shape index (κ1) is 22.4. The van der Waals surface area contributed by atoms with Crippen molar-refractivity contribution in [3.8, 4) is 5.00 Å². The molecule has 0 fully saturated rings.